The van der Waals surface area contributed by atoms with E-state index in [1.165, 1.54) is 5.56 Å². The predicted molar refractivity (Wildman–Crippen MR) is 90.1 cm³/mol. The molecule has 0 atom stereocenters. The number of benzene rings is 2. The van der Waals surface area contributed by atoms with Crippen molar-refractivity contribution in [3.8, 4) is 0 Å². The van der Waals surface area contributed by atoms with E-state index in [1.54, 1.807) is 12.3 Å². The number of halogens is 1. The standard InChI is InChI=1S/C16H15IN2O/c1-11-3-6-13(7-4-11)10-18-19-16(20)14-8-5-12(2)15(17)9-14/h3-10H,1-2H3,(H,19,20)/b18-10+. The van der Waals surface area contributed by atoms with E-state index in [2.05, 4.69) is 33.1 Å². The van der Waals surface area contributed by atoms with Gasteiger partial charge in [-0.1, -0.05) is 35.9 Å². The summed E-state index contributed by atoms with van der Waals surface area (Å²) in [6.07, 6.45) is 1.64. The van der Waals surface area contributed by atoms with E-state index in [-0.39, 0.29) is 5.91 Å². The van der Waals surface area contributed by atoms with E-state index < -0.39 is 0 Å². The molecule has 0 unspecified atom stereocenters. The molecule has 0 heterocycles. The molecule has 0 saturated carbocycles. The van der Waals surface area contributed by atoms with E-state index in [0.29, 0.717) is 5.56 Å². The van der Waals surface area contributed by atoms with Crippen molar-refractivity contribution in [3.63, 3.8) is 0 Å². The highest BCUT2D eigenvalue weighted by Crippen LogP contribution is 2.13. The van der Waals surface area contributed by atoms with Gasteiger partial charge in [0.25, 0.3) is 5.91 Å². The first-order chi connectivity index (χ1) is 9.56. The maximum Gasteiger partial charge on any atom is 0.271 e. The Morgan fingerprint density at radius 2 is 1.85 bits per heavy atom. The zero-order valence-electron chi connectivity index (χ0n) is 11.4. The third-order valence-corrected chi connectivity index (χ3v) is 4.05. The lowest BCUT2D eigenvalue weighted by molar-refractivity contribution is 0.0955. The van der Waals surface area contributed by atoms with Crippen LogP contribution in [0.15, 0.2) is 47.6 Å². The van der Waals surface area contributed by atoms with Crippen LogP contribution in [0.5, 0.6) is 0 Å². The summed E-state index contributed by atoms with van der Waals surface area (Å²) < 4.78 is 1.07. The Labute approximate surface area is 132 Å². The number of carbonyl (C=O) groups excluding carboxylic acids is 1. The largest absolute Gasteiger partial charge is 0.271 e. The number of hydrogen-bond donors (Lipinski definition) is 1. The summed E-state index contributed by atoms with van der Waals surface area (Å²) in [5, 5.41) is 3.97. The summed E-state index contributed by atoms with van der Waals surface area (Å²) in [5.41, 5.74) is 6.45. The van der Waals surface area contributed by atoms with E-state index in [4.69, 9.17) is 0 Å². The van der Waals surface area contributed by atoms with Gasteiger partial charge in [-0.15, -0.1) is 0 Å². The number of aryl methyl sites for hydroxylation is 2. The number of amides is 1. The summed E-state index contributed by atoms with van der Waals surface area (Å²) in [6, 6.07) is 13.5. The molecule has 1 N–H and O–H groups in total. The van der Waals surface area contributed by atoms with Crippen molar-refractivity contribution in [1.82, 2.24) is 5.43 Å². The van der Waals surface area contributed by atoms with Gasteiger partial charge in [0, 0.05) is 9.13 Å². The maximum atomic E-state index is 11.9. The SMILES string of the molecule is Cc1ccc(/C=N/NC(=O)c2ccc(C)c(I)c2)cc1. The van der Waals surface area contributed by atoms with Gasteiger partial charge in [-0.05, 0) is 59.7 Å². The van der Waals surface area contributed by atoms with E-state index in [0.717, 1.165) is 14.7 Å². The highest BCUT2D eigenvalue weighted by atomic mass is 127. The molecule has 0 radical (unpaired) electrons. The fourth-order valence-corrected chi connectivity index (χ4v) is 2.13. The van der Waals surface area contributed by atoms with Crippen LogP contribution in [0.2, 0.25) is 0 Å². The molecule has 0 spiro atoms. The lowest BCUT2D eigenvalue weighted by Gasteiger charge is -2.02. The van der Waals surface area contributed by atoms with Crippen molar-refractivity contribution in [1.29, 1.82) is 0 Å². The van der Waals surface area contributed by atoms with Crippen molar-refractivity contribution in [3.05, 3.63) is 68.3 Å². The Bertz CT molecular complexity index is 648. The summed E-state index contributed by atoms with van der Waals surface area (Å²) in [4.78, 5) is 11.9. The quantitative estimate of drug-likeness (QED) is 0.494. The number of hydrogen-bond acceptors (Lipinski definition) is 2. The van der Waals surface area contributed by atoms with Gasteiger partial charge in [0.2, 0.25) is 0 Å². The average molecular weight is 378 g/mol. The van der Waals surface area contributed by atoms with E-state index in [1.807, 2.05) is 50.2 Å². The fourth-order valence-electron chi connectivity index (χ4n) is 1.62. The van der Waals surface area contributed by atoms with Crippen molar-refractivity contribution in [2.45, 2.75) is 13.8 Å². The zero-order valence-corrected chi connectivity index (χ0v) is 13.5. The van der Waals surface area contributed by atoms with Crippen LogP contribution in [0.3, 0.4) is 0 Å². The maximum absolute atomic E-state index is 11.9. The van der Waals surface area contributed by atoms with E-state index >= 15 is 0 Å². The van der Waals surface area contributed by atoms with Crippen LogP contribution in [0.25, 0.3) is 0 Å². The zero-order chi connectivity index (χ0) is 14.5. The molecule has 20 heavy (non-hydrogen) atoms. The van der Waals surface area contributed by atoms with Gasteiger partial charge in [0.05, 0.1) is 6.21 Å². The third-order valence-electron chi connectivity index (χ3n) is 2.89. The number of rotatable bonds is 3. The molecule has 0 bridgehead atoms. The highest BCUT2D eigenvalue weighted by molar-refractivity contribution is 14.1. The number of hydrazone groups is 1. The summed E-state index contributed by atoms with van der Waals surface area (Å²) in [5.74, 6) is -0.203. The Kier molecular flexibility index (Phi) is 4.89. The molecule has 0 saturated heterocycles. The normalized spacial score (nSPS) is 10.8. The van der Waals surface area contributed by atoms with Crippen LogP contribution in [0.1, 0.15) is 27.0 Å². The number of nitrogens with zero attached hydrogens (tertiary/aromatic N) is 1. The molecule has 2 aromatic carbocycles. The van der Waals surface area contributed by atoms with Crippen LogP contribution in [-0.2, 0) is 0 Å². The minimum Gasteiger partial charge on any atom is -0.267 e. The predicted octanol–water partition coefficient (Wildman–Crippen LogP) is 3.67. The first-order valence-electron chi connectivity index (χ1n) is 6.22. The fraction of sp³-hybridized carbons (Fsp3) is 0.125. The van der Waals surface area contributed by atoms with Crippen LogP contribution >= 0.6 is 22.6 Å². The highest BCUT2D eigenvalue weighted by Gasteiger charge is 2.05. The van der Waals surface area contributed by atoms with Crippen molar-refractivity contribution >= 4 is 34.7 Å². The van der Waals surface area contributed by atoms with Gasteiger partial charge in [-0.3, -0.25) is 4.79 Å². The monoisotopic (exact) mass is 378 g/mol. The topological polar surface area (TPSA) is 41.5 Å². The summed E-state index contributed by atoms with van der Waals surface area (Å²) in [6.45, 7) is 4.04. The minimum absolute atomic E-state index is 0.203. The van der Waals surface area contributed by atoms with Crippen LogP contribution < -0.4 is 5.43 Å². The Morgan fingerprint density at radius 1 is 1.15 bits per heavy atom. The molecule has 4 heteroatoms. The first-order valence-corrected chi connectivity index (χ1v) is 7.30. The number of carbonyl (C=O) groups is 1. The molecule has 3 nitrogen and oxygen atoms in total. The van der Waals surface area contributed by atoms with Gasteiger partial charge in [0.1, 0.15) is 0 Å². The second-order valence-electron chi connectivity index (χ2n) is 4.57. The summed E-state index contributed by atoms with van der Waals surface area (Å²) in [7, 11) is 0. The van der Waals surface area contributed by atoms with Crippen molar-refractivity contribution in [2.75, 3.05) is 0 Å². The molecular formula is C16H15IN2O. The number of nitrogens with one attached hydrogen (secondary N) is 1. The molecule has 0 aliphatic rings. The van der Waals surface area contributed by atoms with Gasteiger partial charge in [-0.2, -0.15) is 5.10 Å². The van der Waals surface area contributed by atoms with Gasteiger partial charge >= 0.3 is 0 Å². The second-order valence-corrected chi connectivity index (χ2v) is 5.74. The van der Waals surface area contributed by atoms with Crippen molar-refractivity contribution in [2.24, 2.45) is 5.10 Å². The van der Waals surface area contributed by atoms with E-state index in [9.17, 15) is 4.79 Å². The molecular weight excluding hydrogens is 363 g/mol. The first kappa shape index (κ1) is 14.7. The van der Waals surface area contributed by atoms with Gasteiger partial charge in [0.15, 0.2) is 0 Å². The third kappa shape index (κ3) is 3.90. The van der Waals surface area contributed by atoms with Gasteiger partial charge < -0.3 is 0 Å². The average Bonchev–Trinajstić information content (AvgIpc) is 2.44. The Balaban J connectivity index is 2.01. The Morgan fingerprint density at radius 3 is 2.50 bits per heavy atom. The lowest BCUT2D eigenvalue weighted by Crippen LogP contribution is -2.17. The van der Waals surface area contributed by atoms with Crippen LogP contribution in [0.4, 0.5) is 0 Å². The molecule has 1 amide bonds. The molecule has 2 rings (SSSR count). The molecule has 0 fully saturated rings. The van der Waals surface area contributed by atoms with Crippen molar-refractivity contribution < 1.29 is 4.79 Å². The molecule has 0 aliphatic heterocycles. The Hall–Kier alpha value is -1.69. The van der Waals surface area contributed by atoms with Gasteiger partial charge in [-0.25, -0.2) is 5.43 Å². The lowest BCUT2D eigenvalue weighted by atomic mass is 10.1. The molecule has 0 aromatic heterocycles. The summed E-state index contributed by atoms with van der Waals surface area (Å²) >= 11 is 2.21. The van der Waals surface area contributed by atoms with Crippen LogP contribution in [-0.4, -0.2) is 12.1 Å². The minimum atomic E-state index is -0.203. The molecule has 2 aromatic rings. The molecule has 0 aliphatic carbocycles. The smallest absolute Gasteiger partial charge is 0.267 e. The second kappa shape index (κ2) is 6.65. The van der Waals surface area contributed by atoms with Crippen LogP contribution in [0, 0.1) is 17.4 Å². The molecule has 102 valence electrons.